The van der Waals surface area contributed by atoms with E-state index in [0.717, 1.165) is 34.3 Å². The van der Waals surface area contributed by atoms with E-state index in [1.165, 1.54) is 12.1 Å². The molecule has 0 spiro atoms. The van der Waals surface area contributed by atoms with Crippen LogP contribution in [0.15, 0.2) is 72.9 Å². The number of phenols is 1. The van der Waals surface area contributed by atoms with Crippen LogP contribution in [0.1, 0.15) is 25.0 Å². The summed E-state index contributed by atoms with van der Waals surface area (Å²) in [6.45, 7) is 2.04. The van der Waals surface area contributed by atoms with Crippen LogP contribution in [0.4, 0.5) is 4.39 Å². The molecule has 5 heteroatoms. The van der Waals surface area contributed by atoms with Gasteiger partial charge in [0, 0.05) is 5.39 Å². The zero-order valence-corrected chi connectivity index (χ0v) is 14.8. The molecule has 3 aromatic carbocycles. The molecule has 0 unspecified atom stereocenters. The van der Waals surface area contributed by atoms with Gasteiger partial charge in [0.1, 0.15) is 23.4 Å². The maximum atomic E-state index is 13.2. The van der Waals surface area contributed by atoms with Gasteiger partial charge in [-0.1, -0.05) is 19.1 Å². The molecule has 4 nitrogen and oxygen atoms in total. The van der Waals surface area contributed by atoms with Crippen LogP contribution in [-0.2, 0) is 0 Å². The Hall–Kier alpha value is -3.34. The molecule has 4 rings (SSSR count). The molecule has 0 radical (unpaired) electrons. The van der Waals surface area contributed by atoms with Gasteiger partial charge in [0.05, 0.1) is 17.4 Å². The fraction of sp³-hybridized carbons (Fsp3) is 0.136. The second kappa shape index (κ2) is 7.11. The van der Waals surface area contributed by atoms with Crippen molar-refractivity contribution in [2.75, 3.05) is 0 Å². The summed E-state index contributed by atoms with van der Waals surface area (Å²) >= 11 is 0. The van der Waals surface area contributed by atoms with E-state index in [-0.39, 0.29) is 17.7 Å². The number of rotatable bonds is 5. The van der Waals surface area contributed by atoms with Gasteiger partial charge in [0.15, 0.2) is 0 Å². The van der Waals surface area contributed by atoms with Gasteiger partial charge in [-0.3, -0.25) is 0 Å². The van der Waals surface area contributed by atoms with E-state index >= 15 is 0 Å². The topological polar surface area (TPSA) is 47.3 Å². The molecule has 27 heavy (non-hydrogen) atoms. The second-order valence-electron chi connectivity index (χ2n) is 6.36. The molecule has 0 aliphatic rings. The van der Waals surface area contributed by atoms with Crippen LogP contribution in [0.5, 0.6) is 11.5 Å². The fourth-order valence-corrected chi connectivity index (χ4v) is 3.15. The molecule has 0 aliphatic heterocycles. The van der Waals surface area contributed by atoms with Crippen molar-refractivity contribution in [3.63, 3.8) is 0 Å². The first-order chi connectivity index (χ1) is 13.1. The summed E-state index contributed by atoms with van der Waals surface area (Å²) in [5.41, 5.74) is 2.64. The largest absolute Gasteiger partial charge is 0.508 e. The Labute approximate surface area is 156 Å². The normalized spacial score (nSPS) is 12.2. The SMILES string of the molecule is CC[C@H](Oc1ccc2c(cnn2-c2ccc(F)cc2)c1)c1cccc(O)c1. The van der Waals surface area contributed by atoms with Crippen molar-refractivity contribution in [1.82, 2.24) is 9.78 Å². The molecule has 1 heterocycles. The summed E-state index contributed by atoms with van der Waals surface area (Å²) in [5, 5.41) is 15.0. The molecular formula is C22H19FN2O2. The van der Waals surface area contributed by atoms with Crippen LogP contribution < -0.4 is 4.74 Å². The third-order valence-corrected chi connectivity index (χ3v) is 4.50. The molecule has 0 saturated carbocycles. The van der Waals surface area contributed by atoms with Crippen LogP contribution in [0, 0.1) is 5.82 Å². The molecule has 4 aromatic rings. The van der Waals surface area contributed by atoms with Gasteiger partial charge in [-0.2, -0.15) is 5.10 Å². The number of phenolic OH excluding ortho intramolecular Hbond substituents is 1. The lowest BCUT2D eigenvalue weighted by Gasteiger charge is -2.18. The number of hydrogen-bond acceptors (Lipinski definition) is 3. The predicted octanol–water partition coefficient (Wildman–Crippen LogP) is 5.40. The van der Waals surface area contributed by atoms with E-state index in [1.807, 2.05) is 37.3 Å². The lowest BCUT2D eigenvalue weighted by Crippen LogP contribution is -2.06. The molecule has 136 valence electrons. The van der Waals surface area contributed by atoms with Crippen molar-refractivity contribution in [2.45, 2.75) is 19.4 Å². The van der Waals surface area contributed by atoms with Gasteiger partial charge in [0.25, 0.3) is 0 Å². The van der Waals surface area contributed by atoms with E-state index in [4.69, 9.17) is 4.74 Å². The summed E-state index contributed by atoms with van der Waals surface area (Å²) < 4.78 is 21.1. The summed E-state index contributed by atoms with van der Waals surface area (Å²) in [7, 11) is 0. The number of hydrogen-bond donors (Lipinski definition) is 1. The molecular weight excluding hydrogens is 343 g/mol. The summed E-state index contributed by atoms with van der Waals surface area (Å²) in [4.78, 5) is 0. The number of ether oxygens (including phenoxy) is 1. The zero-order valence-electron chi connectivity index (χ0n) is 14.8. The number of aromatic nitrogens is 2. The highest BCUT2D eigenvalue weighted by Gasteiger charge is 2.13. The summed E-state index contributed by atoms with van der Waals surface area (Å²) in [6, 6.07) is 19.1. The Bertz CT molecular complexity index is 1070. The van der Waals surface area contributed by atoms with Crippen molar-refractivity contribution in [3.05, 3.63) is 84.3 Å². The number of halogens is 1. The van der Waals surface area contributed by atoms with Gasteiger partial charge in [0.2, 0.25) is 0 Å². The Morgan fingerprint density at radius 3 is 2.63 bits per heavy atom. The van der Waals surface area contributed by atoms with Crippen molar-refractivity contribution in [2.24, 2.45) is 0 Å². The number of nitrogens with zero attached hydrogens (tertiary/aromatic N) is 2. The first kappa shape index (κ1) is 17.1. The van der Waals surface area contributed by atoms with Crippen LogP contribution in [-0.4, -0.2) is 14.9 Å². The number of fused-ring (bicyclic) bond motifs is 1. The predicted molar refractivity (Wildman–Crippen MR) is 103 cm³/mol. The Morgan fingerprint density at radius 1 is 1.07 bits per heavy atom. The van der Waals surface area contributed by atoms with Crippen molar-refractivity contribution in [1.29, 1.82) is 0 Å². The molecule has 0 aliphatic carbocycles. The molecule has 0 fully saturated rings. The van der Waals surface area contributed by atoms with Gasteiger partial charge in [-0.25, -0.2) is 9.07 Å². The van der Waals surface area contributed by atoms with E-state index < -0.39 is 0 Å². The summed E-state index contributed by atoms with van der Waals surface area (Å²) in [6.07, 6.45) is 2.39. The number of benzene rings is 3. The minimum absolute atomic E-state index is 0.151. The quantitative estimate of drug-likeness (QED) is 0.517. The lowest BCUT2D eigenvalue weighted by atomic mass is 10.1. The minimum Gasteiger partial charge on any atom is -0.508 e. The van der Waals surface area contributed by atoms with Gasteiger partial charge in [-0.05, 0) is 66.6 Å². The first-order valence-electron chi connectivity index (χ1n) is 8.83. The lowest BCUT2D eigenvalue weighted by molar-refractivity contribution is 0.201. The second-order valence-corrected chi connectivity index (χ2v) is 6.36. The monoisotopic (exact) mass is 362 g/mol. The van der Waals surface area contributed by atoms with Crippen molar-refractivity contribution in [3.8, 4) is 17.2 Å². The van der Waals surface area contributed by atoms with Gasteiger partial charge in [-0.15, -0.1) is 0 Å². The standard InChI is InChI=1S/C22H19FN2O2/c1-2-22(15-4-3-5-19(26)12-15)27-20-10-11-21-16(13-20)14-24-25(21)18-8-6-17(23)7-9-18/h3-14,22,26H,2H2,1H3/t22-/m0/s1. The fourth-order valence-electron chi connectivity index (χ4n) is 3.15. The maximum absolute atomic E-state index is 13.2. The summed E-state index contributed by atoms with van der Waals surface area (Å²) in [5.74, 6) is 0.686. The Kier molecular flexibility index (Phi) is 4.50. The van der Waals surface area contributed by atoms with E-state index in [0.29, 0.717) is 0 Å². The first-order valence-corrected chi connectivity index (χ1v) is 8.83. The molecule has 1 atom stereocenters. The van der Waals surface area contributed by atoms with E-state index in [2.05, 4.69) is 5.10 Å². The zero-order chi connectivity index (χ0) is 18.8. The maximum Gasteiger partial charge on any atom is 0.124 e. The van der Waals surface area contributed by atoms with Crippen LogP contribution in [0.25, 0.3) is 16.6 Å². The average molecular weight is 362 g/mol. The third kappa shape index (κ3) is 3.49. The Morgan fingerprint density at radius 2 is 1.89 bits per heavy atom. The van der Waals surface area contributed by atoms with Gasteiger partial charge < -0.3 is 9.84 Å². The van der Waals surface area contributed by atoms with E-state index in [9.17, 15) is 9.50 Å². The highest BCUT2D eigenvalue weighted by molar-refractivity contribution is 5.81. The average Bonchev–Trinajstić information content (AvgIpc) is 3.10. The highest BCUT2D eigenvalue weighted by Crippen LogP contribution is 2.29. The molecule has 1 aromatic heterocycles. The molecule has 0 bridgehead atoms. The molecule has 0 saturated heterocycles. The van der Waals surface area contributed by atoms with Crippen molar-refractivity contribution >= 4 is 10.9 Å². The highest BCUT2D eigenvalue weighted by atomic mass is 19.1. The van der Waals surface area contributed by atoms with Crippen molar-refractivity contribution < 1.29 is 14.2 Å². The van der Waals surface area contributed by atoms with E-state index in [1.54, 1.807) is 35.1 Å². The van der Waals surface area contributed by atoms with Crippen LogP contribution in [0.2, 0.25) is 0 Å². The molecule has 0 amide bonds. The molecule has 1 N–H and O–H groups in total. The smallest absolute Gasteiger partial charge is 0.124 e. The van der Waals surface area contributed by atoms with Crippen LogP contribution in [0.3, 0.4) is 0 Å². The Balaban J connectivity index is 1.63. The third-order valence-electron chi connectivity index (χ3n) is 4.50. The number of aromatic hydroxyl groups is 1. The van der Waals surface area contributed by atoms with Crippen LogP contribution >= 0.6 is 0 Å². The minimum atomic E-state index is -0.275. The van der Waals surface area contributed by atoms with Gasteiger partial charge >= 0.3 is 0 Å².